The number of hydrogen-bond donors (Lipinski definition) is 0. The molecule has 0 bridgehead atoms. The molecule has 2 aromatic carbocycles. The van der Waals surface area contributed by atoms with Crippen LogP contribution in [0.1, 0.15) is 43.7 Å². The maximum atomic E-state index is 13.6. The topological polar surface area (TPSA) is 66.5 Å². The number of methoxy groups -OCH3 is 3. The summed E-state index contributed by atoms with van der Waals surface area (Å²) in [6.07, 6.45) is 1.44. The van der Waals surface area contributed by atoms with Crippen LogP contribution in [0.2, 0.25) is 0 Å². The van der Waals surface area contributed by atoms with Crippen LogP contribution in [-0.2, 0) is 4.79 Å². The molecule has 0 aliphatic carbocycles. The molecule has 1 saturated heterocycles. The predicted molar refractivity (Wildman–Crippen MR) is 125 cm³/mol. The van der Waals surface area contributed by atoms with Crippen molar-refractivity contribution in [2.45, 2.75) is 32.6 Å². The lowest BCUT2D eigenvalue weighted by atomic mass is 9.85. The number of nitrogens with zero attached hydrogens (tertiary/aromatic N) is 1. The molecule has 2 aromatic rings. The second-order valence-electron chi connectivity index (χ2n) is 9.06. The average molecular weight is 456 g/mol. The molecule has 33 heavy (non-hydrogen) atoms. The molecular formula is C26H33NO6. The Morgan fingerprint density at radius 1 is 0.970 bits per heavy atom. The third-order valence-electron chi connectivity index (χ3n) is 6.50. The summed E-state index contributed by atoms with van der Waals surface area (Å²) in [5, 5.41) is 0. The van der Waals surface area contributed by atoms with Crippen molar-refractivity contribution in [2.24, 2.45) is 11.8 Å². The predicted octanol–water partition coefficient (Wildman–Crippen LogP) is 4.47. The number of likely N-dealkylation sites (tertiary alicyclic amines) is 1. The second-order valence-corrected chi connectivity index (χ2v) is 9.06. The van der Waals surface area contributed by atoms with Gasteiger partial charge in [-0.05, 0) is 36.0 Å². The fourth-order valence-electron chi connectivity index (χ4n) is 5.06. The van der Waals surface area contributed by atoms with Crippen molar-refractivity contribution in [3.63, 3.8) is 0 Å². The van der Waals surface area contributed by atoms with Crippen LogP contribution < -0.4 is 23.7 Å². The molecule has 7 nitrogen and oxygen atoms in total. The van der Waals surface area contributed by atoms with Crippen LogP contribution in [0.25, 0.3) is 0 Å². The standard InChI is InChI=1S/C26H33NO6/c1-16-8-17(2)14-27(13-16)25(28)12-20(18-6-7-21-22(9-18)33-15-32-21)26-23(30-4)10-19(29-3)11-24(26)31-5/h6-7,9-11,16-17,20H,8,12-15H2,1-5H3. The van der Waals surface area contributed by atoms with E-state index >= 15 is 0 Å². The van der Waals surface area contributed by atoms with Gasteiger partial charge in [-0.25, -0.2) is 0 Å². The van der Waals surface area contributed by atoms with E-state index in [9.17, 15) is 4.79 Å². The van der Waals surface area contributed by atoms with Gasteiger partial charge in [-0.15, -0.1) is 0 Å². The van der Waals surface area contributed by atoms with E-state index < -0.39 is 0 Å². The summed E-state index contributed by atoms with van der Waals surface area (Å²) in [6, 6.07) is 9.48. The van der Waals surface area contributed by atoms with Gasteiger partial charge in [-0.2, -0.15) is 0 Å². The van der Waals surface area contributed by atoms with Crippen molar-refractivity contribution in [1.29, 1.82) is 0 Å². The van der Waals surface area contributed by atoms with E-state index in [0.29, 0.717) is 40.6 Å². The fraction of sp³-hybridized carbons (Fsp3) is 0.500. The summed E-state index contributed by atoms with van der Waals surface area (Å²) in [7, 11) is 4.83. The zero-order chi connectivity index (χ0) is 23.5. The lowest BCUT2D eigenvalue weighted by molar-refractivity contribution is -0.134. The Morgan fingerprint density at radius 2 is 1.61 bits per heavy atom. The van der Waals surface area contributed by atoms with Crippen molar-refractivity contribution in [2.75, 3.05) is 41.2 Å². The molecule has 2 aliphatic rings. The van der Waals surface area contributed by atoms with Crippen molar-refractivity contribution in [3.05, 3.63) is 41.5 Å². The number of amides is 1. The van der Waals surface area contributed by atoms with E-state index in [2.05, 4.69) is 13.8 Å². The maximum Gasteiger partial charge on any atom is 0.231 e. The van der Waals surface area contributed by atoms with E-state index in [0.717, 1.165) is 30.6 Å². The maximum absolute atomic E-state index is 13.6. The molecular weight excluding hydrogens is 422 g/mol. The van der Waals surface area contributed by atoms with Crippen molar-refractivity contribution in [3.8, 4) is 28.7 Å². The van der Waals surface area contributed by atoms with Crippen molar-refractivity contribution >= 4 is 5.91 Å². The number of carbonyl (C=O) groups excluding carboxylic acids is 1. The summed E-state index contributed by atoms with van der Waals surface area (Å²) in [6.45, 7) is 6.19. The largest absolute Gasteiger partial charge is 0.496 e. The molecule has 0 saturated carbocycles. The van der Waals surface area contributed by atoms with Gasteiger partial charge in [0.1, 0.15) is 17.2 Å². The van der Waals surface area contributed by atoms with Crippen molar-refractivity contribution in [1.82, 2.24) is 4.90 Å². The van der Waals surface area contributed by atoms with Gasteiger partial charge in [0.2, 0.25) is 12.7 Å². The Balaban J connectivity index is 1.76. The van der Waals surface area contributed by atoms with Crippen LogP contribution in [0.15, 0.2) is 30.3 Å². The second kappa shape index (κ2) is 9.81. The molecule has 0 aromatic heterocycles. The van der Waals surface area contributed by atoms with Gasteiger partial charge in [0.25, 0.3) is 0 Å². The third-order valence-corrected chi connectivity index (χ3v) is 6.50. The number of ether oxygens (including phenoxy) is 5. The molecule has 7 heteroatoms. The molecule has 3 unspecified atom stereocenters. The zero-order valence-corrected chi connectivity index (χ0v) is 20.1. The molecule has 0 spiro atoms. The molecule has 3 atom stereocenters. The lowest BCUT2D eigenvalue weighted by Gasteiger charge is -2.36. The van der Waals surface area contributed by atoms with Crippen LogP contribution in [0.3, 0.4) is 0 Å². The van der Waals surface area contributed by atoms with Crippen LogP contribution in [0.5, 0.6) is 28.7 Å². The number of piperidine rings is 1. The highest BCUT2D eigenvalue weighted by Crippen LogP contribution is 2.45. The van der Waals surface area contributed by atoms with Crippen LogP contribution in [0.4, 0.5) is 0 Å². The van der Waals surface area contributed by atoms with Gasteiger partial charge in [0, 0.05) is 43.1 Å². The summed E-state index contributed by atoms with van der Waals surface area (Å²) in [5.74, 6) is 4.05. The van der Waals surface area contributed by atoms with Crippen LogP contribution >= 0.6 is 0 Å². The number of rotatable bonds is 7. The first-order valence-corrected chi connectivity index (χ1v) is 11.4. The Kier molecular flexibility index (Phi) is 6.86. The SMILES string of the molecule is COc1cc(OC)c(C(CC(=O)N2CC(C)CC(C)C2)c2ccc3c(c2)OCO3)c(OC)c1. The van der Waals surface area contributed by atoms with E-state index in [1.54, 1.807) is 21.3 Å². The smallest absolute Gasteiger partial charge is 0.231 e. The number of benzene rings is 2. The summed E-state index contributed by atoms with van der Waals surface area (Å²) in [4.78, 5) is 15.6. The highest BCUT2D eigenvalue weighted by molar-refractivity contribution is 5.78. The van der Waals surface area contributed by atoms with Gasteiger partial charge in [0.05, 0.1) is 21.3 Å². The Bertz CT molecular complexity index is 971. The normalized spacial score (nSPS) is 20.3. The Hall–Kier alpha value is -3.09. The molecule has 0 N–H and O–H groups in total. The molecule has 1 amide bonds. The minimum absolute atomic E-state index is 0.121. The van der Waals surface area contributed by atoms with E-state index in [1.165, 1.54) is 0 Å². The monoisotopic (exact) mass is 455 g/mol. The van der Waals surface area contributed by atoms with Gasteiger partial charge >= 0.3 is 0 Å². The first kappa shape index (κ1) is 23.1. The minimum atomic E-state index is -0.296. The Labute approximate surface area is 195 Å². The quantitative estimate of drug-likeness (QED) is 0.614. The minimum Gasteiger partial charge on any atom is -0.496 e. The number of hydrogen-bond acceptors (Lipinski definition) is 6. The van der Waals surface area contributed by atoms with Gasteiger partial charge in [0.15, 0.2) is 11.5 Å². The van der Waals surface area contributed by atoms with Gasteiger partial charge in [-0.3, -0.25) is 4.79 Å². The number of carbonyl (C=O) groups is 1. The summed E-state index contributed by atoms with van der Waals surface area (Å²) < 4.78 is 28.0. The van der Waals surface area contributed by atoms with E-state index in [4.69, 9.17) is 23.7 Å². The fourth-order valence-corrected chi connectivity index (χ4v) is 5.06. The van der Waals surface area contributed by atoms with E-state index in [1.807, 2.05) is 35.2 Å². The number of fused-ring (bicyclic) bond motifs is 1. The lowest BCUT2D eigenvalue weighted by Crippen LogP contribution is -2.43. The average Bonchev–Trinajstić information content (AvgIpc) is 3.29. The first-order chi connectivity index (χ1) is 15.9. The van der Waals surface area contributed by atoms with Crippen molar-refractivity contribution < 1.29 is 28.5 Å². The molecule has 178 valence electrons. The molecule has 1 fully saturated rings. The van der Waals surface area contributed by atoms with E-state index in [-0.39, 0.29) is 25.0 Å². The highest BCUT2D eigenvalue weighted by Gasteiger charge is 2.32. The van der Waals surface area contributed by atoms with Gasteiger partial charge < -0.3 is 28.6 Å². The van der Waals surface area contributed by atoms with Gasteiger partial charge in [-0.1, -0.05) is 19.9 Å². The van der Waals surface area contributed by atoms with Crippen LogP contribution in [-0.4, -0.2) is 52.0 Å². The molecule has 2 heterocycles. The van der Waals surface area contributed by atoms with Crippen LogP contribution in [0, 0.1) is 11.8 Å². The molecule has 0 radical (unpaired) electrons. The first-order valence-electron chi connectivity index (χ1n) is 11.4. The summed E-state index contributed by atoms with van der Waals surface area (Å²) in [5.41, 5.74) is 1.75. The molecule has 2 aliphatic heterocycles. The third kappa shape index (κ3) is 4.82. The zero-order valence-electron chi connectivity index (χ0n) is 20.1. The summed E-state index contributed by atoms with van der Waals surface area (Å²) >= 11 is 0. The highest BCUT2D eigenvalue weighted by atomic mass is 16.7. The Morgan fingerprint density at radius 3 is 2.21 bits per heavy atom. The molecule has 4 rings (SSSR count).